The van der Waals surface area contributed by atoms with Crippen LogP contribution in [-0.2, 0) is 36.9 Å². The molecule has 2 aromatic carbocycles. The smallest absolute Gasteiger partial charge is 0.286 e. The summed E-state index contributed by atoms with van der Waals surface area (Å²) >= 11 is 0. The van der Waals surface area contributed by atoms with Crippen LogP contribution in [0, 0.1) is 5.41 Å². The molecule has 12 nitrogen and oxygen atoms in total. The molecule has 14 heteroatoms. The lowest BCUT2D eigenvalue weighted by molar-refractivity contribution is -0.122. The van der Waals surface area contributed by atoms with Gasteiger partial charge in [0.15, 0.2) is 11.6 Å². The van der Waals surface area contributed by atoms with Gasteiger partial charge in [-0.15, -0.1) is 4.40 Å². The number of carbonyl (C=O) groups excluding carboxylic acids is 1. The number of pyridine rings is 1. The Morgan fingerprint density at radius 2 is 1.82 bits per heavy atom. The maximum atomic E-state index is 14.8. The average molecular weight is 654 g/mol. The molecule has 5 rings (SSSR count). The Morgan fingerprint density at radius 3 is 2.51 bits per heavy atom. The lowest BCUT2D eigenvalue weighted by atomic mass is 9.69. The molecule has 4 N–H and O–H groups in total. The van der Waals surface area contributed by atoms with E-state index < -0.39 is 37.1 Å². The average Bonchev–Trinajstić information content (AvgIpc) is 2.96. The number of fused-ring (bicyclic) bond motifs is 2. The molecule has 238 valence electrons. The molecular weight excluding hydrogens is 619 g/mol. The van der Waals surface area contributed by atoms with Crippen LogP contribution in [0.2, 0.25) is 0 Å². The van der Waals surface area contributed by atoms with Gasteiger partial charge in [-0.2, -0.15) is 8.42 Å². The second-order valence-corrected chi connectivity index (χ2v) is 15.5. The number of nitrogens with zero attached hydrogens (tertiary/aromatic N) is 2. The summed E-state index contributed by atoms with van der Waals surface area (Å²) < 4.78 is 61.9. The van der Waals surface area contributed by atoms with Gasteiger partial charge < -0.3 is 15.2 Å². The number of nitrogens with one attached hydrogen (secondary N) is 3. The van der Waals surface area contributed by atoms with E-state index in [1.54, 1.807) is 36.5 Å². The third-order valence-electron chi connectivity index (χ3n) is 7.63. The van der Waals surface area contributed by atoms with Crippen molar-refractivity contribution in [3.8, 4) is 5.88 Å². The van der Waals surface area contributed by atoms with E-state index in [1.807, 2.05) is 6.07 Å². The lowest BCUT2D eigenvalue weighted by Crippen LogP contribution is -2.54. The van der Waals surface area contributed by atoms with E-state index in [-0.39, 0.29) is 39.6 Å². The Hall–Kier alpha value is -4.27. The number of ketones is 1. The van der Waals surface area contributed by atoms with Gasteiger partial charge in [0.2, 0.25) is 15.9 Å². The molecule has 0 radical (unpaired) electrons. The highest BCUT2D eigenvalue weighted by Crippen LogP contribution is 2.44. The van der Waals surface area contributed by atoms with E-state index in [2.05, 4.69) is 45.5 Å². The first-order valence-corrected chi connectivity index (χ1v) is 17.4. The summed E-state index contributed by atoms with van der Waals surface area (Å²) in [6.07, 6.45) is 3.45. The number of sulfonamides is 2. The summed E-state index contributed by atoms with van der Waals surface area (Å²) in [5.41, 5.74) is -0.180. The van der Waals surface area contributed by atoms with Crippen molar-refractivity contribution in [2.24, 2.45) is 9.81 Å². The van der Waals surface area contributed by atoms with E-state index in [0.29, 0.717) is 35.4 Å². The van der Waals surface area contributed by atoms with Crippen LogP contribution in [0.5, 0.6) is 5.88 Å². The van der Waals surface area contributed by atoms with Gasteiger partial charge in [0.1, 0.15) is 21.8 Å². The van der Waals surface area contributed by atoms with Gasteiger partial charge >= 0.3 is 0 Å². The molecule has 0 fully saturated rings. The Kier molecular flexibility index (Phi) is 8.27. The van der Waals surface area contributed by atoms with Gasteiger partial charge in [0, 0.05) is 29.6 Å². The number of hydrogen-bond donors (Lipinski definition) is 4. The molecular formula is C31H35N5O7S2. The number of aromatic nitrogens is 1. The van der Waals surface area contributed by atoms with Crippen LogP contribution in [0.4, 0.5) is 11.4 Å². The minimum absolute atomic E-state index is 0.0289. The zero-order valence-corrected chi connectivity index (χ0v) is 27.1. The maximum absolute atomic E-state index is 14.8. The van der Waals surface area contributed by atoms with Crippen LogP contribution in [-0.4, -0.2) is 51.9 Å². The maximum Gasteiger partial charge on any atom is 0.286 e. The molecule has 2 heterocycles. The number of ether oxygens (including phenoxy) is 1. The normalized spacial score (nSPS) is 19.2. The van der Waals surface area contributed by atoms with Crippen molar-refractivity contribution < 1.29 is 31.5 Å². The second kappa shape index (κ2) is 11.6. The molecule has 0 saturated carbocycles. The fraction of sp³-hybridized carbons (Fsp3) is 0.323. The van der Waals surface area contributed by atoms with Crippen LogP contribution in [0.3, 0.4) is 0 Å². The van der Waals surface area contributed by atoms with Crippen LogP contribution in [0.15, 0.2) is 75.7 Å². The highest BCUT2D eigenvalue weighted by molar-refractivity contribution is 7.92. The number of aliphatic hydroxyl groups is 1. The highest BCUT2D eigenvalue weighted by atomic mass is 32.2. The van der Waals surface area contributed by atoms with Crippen molar-refractivity contribution in [2.45, 2.75) is 50.6 Å². The number of rotatable bonds is 9. The monoisotopic (exact) mass is 653 g/mol. The Bertz CT molecular complexity index is 1970. The number of amidine groups is 1. The van der Waals surface area contributed by atoms with Gasteiger partial charge in [-0.25, -0.2) is 13.4 Å². The first kappa shape index (κ1) is 32.1. The minimum atomic E-state index is -4.43. The predicted molar refractivity (Wildman–Crippen MR) is 172 cm³/mol. The number of hydrogen-bond acceptors (Lipinski definition) is 10. The second-order valence-electron chi connectivity index (χ2n) is 12.2. The molecule has 0 bridgehead atoms. The van der Waals surface area contributed by atoms with Gasteiger partial charge in [-0.05, 0) is 48.1 Å². The Morgan fingerprint density at radius 1 is 1.09 bits per heavy atom. The molecule has 45 heavy (non-hydrogen) atoms. The van der Waals surface area contributed by atoms with E-state index in [1.165, 1.54) is 19.2 Å². The van der Waals surface area contributed by atoms with Crippen molar-refractivity contribution in [1.29, 1.82) is 0 Å². The number of aliphatic hydroxyl groups excluding tert-OH is 1. The van der Waals surface area contributed by atoms with Crippen molar-refractivity contribution in [2.75, 3.05) is 23.4 Å². The van der Waals surface area contributed by atoms with Gasteiger partial charge in [-0.3, -0.25) is 14.8 Å². The fourth-order valence-electron chi connectivity index (χ4n) is 5.47. The van der Waals surface area contributed by atoms with Crippen LogP contribution < -0.4 is 20.1 Å². The third kappa shape index (κ3) is 6.44. The summed E-state index contributed by atoms with van der Waals surface area (Å²) in [7, 11) is -6.60. The summed E-state index contributed by atoms with van der Waals surface area (Å²) in [5.74, 6) is -0.935. The number of methoxy groups -OCH3 is 1. The topological polar surface area (TPSA) is 176 Å². The van der Waals surface area contributed by atoms with E-state index in [9.17, 15) is 26.7 Å². The SMILES string of the molecule is COc1ncccc1CNC1(CCC(C)(C)C)C(=O)C(C2=NS(=O)(=O)c3cc(NS(C)(=O)=O)ccc3N2)=C(O)c2ccccc21. The van der Waals surface area contributed by atoms with E-state index in [0.717, 1.165) is 12.3 Å². The Labute approximate surface area is 262 Å². The molecule has 1 atom stereocenters. The molecule has 0 saturated heterocycles. The molecule has 1 aromatic heterocycles. The first-order chi connectivity index (χ1) is 21.0. The standard InChI is InChI=1S/C31H35N5O7S2/c1-30(2,3)14-15-31(33-18-19-9-8-16-32-29(19)43-4)22-11-7-6-10-21(22)26(37)25(27(31)38)28-34-23-13-12-20(35-44(5,39)40)17-24(23)45(41,42)36-28/h6-13,16-17,33,35,37H,14-15,18H2,1-5H3,(H,34,36). The quantitative estimate of drug-likeness (QED) is 0.260. The number of anilines is 2. The zero-order valence-electron chi connectivity index (χ0n) is 25.5. The zero-order chi connectivity index (χ0) is 32.8. The van der Waals surface area contributed by atoms with Gasteiger partial charge in [-0.1, -0.05) is 51.1 Å². The summed E-state index contributed by atoms with van der Waals surface area (Å²) in [6, 6.07) is 14.4. The molecule has 1 unspecified atom stereocenters. The largest absolute Gasteiger partial charge is 0.506 e. The molecule has 0 amide bonds. The summed E-state index contributed by atoms with van der Waals surface area (Å²) in [4.78, 5) is 18.8. The van der Waals surface area contributed by atoms with Gasteiger partial charge in [0.25, 0.3) is 10.0 Å². The van der Waals surface area contributed by atoms with E-state index in [4.69, 9.17) is 4.74 Å². The number of Topliss-reactive ketones (excluding diaryl/α,β-unsaturated/α-hetero) is 1. The van der Waals surface area contributed by atoms with Crippen LogP contribution >= 0.6 is 0 Å². The number of carbonyl (C=O) groups is 1. The fourth-order valence-corrected chi connectivity index (χ4v) is 7.17. The third-order valence-corrected chi connectivity index (χ3v) is 9.55. The minimum Gasteiger partial charge on any atom is -0.506 e. The molecule has 1 aliphatic heterocycles. The molecule has 1 aliphatic carbocycles. The van der Waals surface area contributed by atoms with Crippen molar-refractivity contribution in [3.63, 3.8) is 0 Å². The summed E-state index contributed by atoms with van der Waals surface area (Å²) in [6.45, 7) is 6.34. The summed E-state index contributed by atoms with van der Waals surface area (Å²) in [5, 5.41) is 17.9. The van der Waals surface area contributed by atoms with E-state index >= 15 is 0 Å². The van der Waals surface area contributed by atoms with Crippen LogP contribution in [0.25, 0.3) is 5.76 Å². The van der Waals surface area contributed by atoms with Gasteiger partial charge in [0.05, 0.1) is 19.1 Å². The van der Waals surface area contributed by atoms with Crippen molar-refractivity contribution >= 4 is 48.8 Å². The van der Waals surface area contributed by atoms with Crippen molar-refractivity contribution in [1.82, 2.24) is 10.3 Å². The number of benzene rings is 2. The van der Waals surface area contributed by atoms with Crippen LogP contribution in [0.1, 0.15) is 50.3 Å². The molecule has 3 aromatic rings. The van der Waals surface area contributed by atoms with Crippen molar-refractivity contribution in [3.05, 3.63) is 83.1 Å². The molecule has 0 spiro atoms. The predicted octanol–water partition coefficient (Wildman–Crippen LogP) is 4.34. The highest BCUT2D eigenvalue weighted by Gasteiger charge is 2.50. The molecule has 2 aliphatic rings. The Balaban J connectivity index is 1.65. The lowest BCUT2D eigenvalue weighted by Gasteiger charge is -2.41. The first-order valence-electron chi connectivity index (χ1n) is 14.1.